The fourth-order valence-corrected chi connectivity index (χ4v) is 2.76. The molecule has 0 atom stereocenters. The van der Waals surface area contributed by atoms with Crippen molar-refractivity contribution in [1.82, 2.24) is 20.0 Å². The first-order valence-electron chi connectivity index (χ1n) is 7.37. The maximum Gasteiger partial charge on any atom is 0.292 e. The highest BCUT2D eigenvalue weighted by Gasteiger charge is 2.28. The summed E-state index contributed by atoms with van der Waals surface area (Å²) in [6.07, 6.45) is 1.75. The molecule has 0 saturated carbocycles. The van der Waals surface area contributed by atoms with Gasteiger partial charge in [-0.25, -0.2) is 9.67 Å². The van der Waals surface area contributed by atoms with Gasteiger partial charge in [0, 0.05) is 44.5 Å². The second-order valence-corrected chi connectivity index (χ2v) is 5.96. The van der Waals surface area contributed by atoms with Crippen molar-refractivity contribution >= 4 is 23.1 Å². The number of nitrogens with two attached hydrogens (primary N) is 1. The van der Waals surface area contributed by atoms with Gasteiger partial charge in [-0.1, -0.05) is 11.6 Å². The zero-order valence-corrected chi connectivity index (χ0v) is 13.6. The van der Waals surface area contributed by atoms with Crippen LogP contribution in [0.5, 0.6) is 0 Å². The average molecular weight is 339 g/mol. The van der Waals surface area contributed by atoms with E-state index in [0.29, 0.717) is 6.04 Å². The summed E-state index contributed by atoms with van der Waals surface area (Å²) >= 11 is 5.85. The van der Waals surface area contributed by atoms with Crippen LogP contribution in [0, 0.1) is 0 Å². The van der Waals surface area contributed by atoms with Gasteiger partial charge in [-0.05, 0) is 0 Å². The Morgan fingerprint density at radius 3 is 3.09 bits per heavy atom. The number of aryl methyl sites for hydroxylation is 1. The molecule has 0 bridgehead atoms. The molecule has 1 aromatic heterocycles. The third-order valence-electron chi connectivity index (χ3n) is 3.85. The lowest BCUT2D eigenvalue weighted by atomic mass is 10.1. The standard InChI is InChI=1S/C14H19ClN6O2/c1-20-14(22)11(5-12(15)19-20)18-13(16)4-9-6-21(3-2-17-9)10-7-23-8-10/h4-5,10,17H,2-3,6-8H2,1H3,(H2,16,18)/b9-4-. The average Bonchev–Trinajstić information content (AvgIpc) is 2.42. The molecule has 3 rings (SSSR count). The molecule has 0 aliphatic carbocycles. The van der Waals surface area contributed by atoms with Crippen LogP contribution in [0.2, 0.25) is 5.15 Å². The number of ether oxygens (including phenoxy) is 1. The van der Waals surface area contributed by atoms with Crippen molar-refractivity contribution in [2.24, 2.45) is 17.8 Å². The van der Waals surface area contributed by atoms with Crippen LogP contribution in [0.25, 0.3) is 0 Å². The smallest absolute Gasteiger partial charge is 0.292 e. The lowest BCUT2D eigenvalue weighted by Gasteiger charge is -2.40. The predicted octanol–water partition coefficient (Wildman–Crippen LogP) is -0.390. The Labute approximate surface area is 138 Å². The number of hydrogen-bond donors (Lipinski definition) is 2. The monoisotopic (exact) mass is 338 g/mol. The Balaban J connectivity index is 1.77. The molecule has 9 heteroatoms. The highest BCUT2D eigenvalue weighted by molar-refractivity contribution is 6.29. The lowest BCUT2D eigenvalue weighted by molar-refractivity contribution is -0.0644. The molecule has 0 unspecified atom stereocenters. The normalized spacial score (nSPS) is 22.0. The number of piperazine rings is 1. The third-order valence-corrected chi connectivity index (χ3v) is 4.03. The summed E-state index contributed by atoms with van der Waals surface area (Å²) < 4.78 is 6.37. The predicted molar refractivity (Wildman–Crippen MR) is 88.0 cm³/mol. The van der Waals surface area contributed by atoms with E-state index >= 15 is 0 Å². The van der Waals surface area contributed by atoms with E-state index in [2.05, 4.69) is 20.3 Å². The number of nitrogens with one attached hydrogen (secondary N) is 1. The van der Waals surface area contributed by atoms with Crippen LogP contribution in [0.4, 0.5) is 5.69 Å². The molecule has 1 aromatic rings. The summed E-state index contributed by atoms with van der Waals surface area (Å²) in [7, 11) is 1.52. The minimum Gasteiger partial charge on any atom is -0.386 e. The summed E-state index contributed by atoms with van der Waals surface area (Å²) in [4.78, 5) is 18.5. The van der Waals surface area contributed by atoms with Crippen LogP contribution in [0.15, 0.2) is 27.6 Å². The summed E-state index contributed by atoms with van der Waals surface area (Å²) in [5.41, 5.74) is 6.75. The Hall–Kier alpha value is -1.90. The van der Waals surface area contributed by atoms with E-state index in [4.69, 9.17) is 22.1 Å². The number of nitrogens with zero attached hydrogens (tertiary/aromatic N) is 4. The van der Waals surface area contributed by atoms with Crippen LogP contribution >= 0.6 is 11.6 Å². The van der Waals surface area contributed by atoms with Crippen LogP contribution < -0.4 is 16.6 Å². The van der Waals surface area contributed by atoms with Gasteiger partial charge in [-0.3, -0.25) is 9.69 Å². The lowest BCUT2D eigenvalue weighted by Crippen LogP contribution is -2.55. The van der Waals surface area contributed by atoms with E-state index in [1.165, 1.54) is 13.1 Å². The molecule has 0 amide bonds. The summed E-state index contributed by atoms with van der Waals surface area (Å²) in [5.74, 6) is 0.249. The number of rotatable bonds is 3. The second-order valence-electron chi connectivity index (χ2n) is 5.58. The van der Waals surface area contributed by atoms with Crippen molar-refractivity contribution in [3.05, 3.63) is 33.3 Å². The quantitative estimate of drug-likeness (QED) is 0.575. The van der Waals surface area contributed by atoms with Gasteiger partial charge in [0.25, 0.3) is 5.56 Å². The minimum absolute atomic E-state index is 0.168. The first-order chi connectivity index (χ1) is 11.0. The molecule has 0 spiro atoms. The van der Waals surface area contributed by atoms with Gasteiger partial charge in [0.15, 0.2) is 5.15 Å². The van der Waals surface area contributed by atoms with E-state index in [9.17, 15) is 4.79 Å². The van der Waals surface area contributed by atoms with Gasteiger partial charge in [-0.15, -0.1) is 0 Å². The molecule has 3 N–H and O–H groups in total. The topological polar surface area (TPSA) is 97.8 Å². The van der Waals surface area contributed by atoms with Gasteiger partial charge < -0.3 is 15.8 Å². The van der Waals surface area contributed by atoms with Crippen molar-refractivity contribution in [2.75, 3.05) is 32.8 Å². The highest BCUT2D eigenvalue weighted by atomic mass is 35.5. The zero-order valence-electron chi connectivity index (χ0n) is 12.8. The fraction of sp³-hybridized carbons (Fsp3) is 0.500. The number of aromatic nitrogens is 2. The molecule has 0 aromatic carbocycles. The highest BCUT2D eigenvalue weighted by Crippen LogP contribution is 2.14. The molecule has 2 aliphatic heterocycles. The Morgan fingerprint density at radius 1 is 1.61 bits per heavy atom. The molecular formula is C14H19ClN6O2. The Kier molecular flexibility index (Phi) is 4.65. The van der Waals surface area contributed by atoms with E-state index in [-0.39, 0.29) is 22.2 Å². The van der Waals surface area contributed by atoms with Gasteiger partial charge in [0.05, 0.1) is 19.3 Å². The van der Waals surface area contributed by atoms with Crippen LogP contribution in [0.1, 0.15) is 0 Å². The Morgan fingerprint density at radius 2 is 2.39 bits per heavy atom. The second kappa shape index (κ2) is 6.69. The molecule has 0 radical (unpaired) electrons. The van der Waals surface area contributed by atoms with Gasteiger partial charge in [-0.2, -0.15) is 5.10 Å². The first kappa shape index (κ1) is 16.0. The van der Waals surface area contributed by atoms with Crippen molar-refractivity contribution in [3.8, 4) is 0 Å². The summed E-state index contributed by atoms with van der Waals surface area (Å²) in [6.45, 7) is 4.14. The molecule has 2 saturated heterocycles. The largest absolute Gasteiger partial charge is 0.386 e. The van der Waals surface area contributed by atoms with Crippen molar-refractivity contribution < 1.29 is 4.74 Å². The molecule has 3 heterocycles. The van der Waals surface area contributed by atoms with Crippen molar-refractivity contribution in [3.63, 3.8) is 0 Å². The molecule has 23 heavy (non-hydrogen) atoms. The van der Waals surface area contributed by atoms with E-state index in [0.717, 1.165) is 43.2 Å². The van der Waals surface area contributed by atoms with Crippen molar-refractivity contribution in [2.45, 2.75) is 6.04 Å². The number of aliphatic imine (C=N–C) groups is 1. The van der Waals surface area contributed by atoms with E-state index < -0.39 is 0 Å². The summed E-state index contributed by atoms with van der Waals surface area (Å²) in [5, 5.41) is 7.31. The number of halogens is 1. The molecule has 2 aliphatic rings. The Bertz CT molecular complexity index is 710. The first-order valence-corrected chi connectivity index (χ1v) is 7.75. The number of amidine groups is 1. The molecule has 8 nitrogen and oxygen atoms in total. The van der Waals surface area contributed by atoms with Gasteiger partial charge in [0.2, 0.25) is 0 Å². The molecular weight excluding hydrogens is 320 g/mol. The molecule has 2 fully saturated rings. The third kappa shape index (κ3) is 3.72. The van der Waals surface area contributed by atoms with E-state index in [1.807, 2.05) is 0 Å². The summed E-state index contributed by atoms with van der Waals surface area (Å²) in [6, 6.07) is 1.88. The fourth-order valence-electron chi connectivity index (χ4n) is 2.54. The van der Waals surface area contributed by atoms with Gasteiger partial charge in [0.1, 0.15) is 11.5 Å². The minimum atomic E-state index is -0.347. The van der Waals surface area contributed by atoms with Crippen LogP contribution in [-0.4, -0.2) is 59.4 Å². The zero-order chi connectivity index (χ0) is 16.4. The SMILES string of the molecule is Cn1nc(Cl)cc(N=C(N)/C=C2/CN(C3COC3)CCN2)c1=O. The van der Waals surface area contributed by atoms with Crippen molar-refractivity contribution in [1.29, 1.82) is 0 Å². The van der Waals surface area contributed by atoms with Crippen LogP contribution in [-0.2, 0) is 11.8 Å². The number of hydrogen-bond acceptors (Lipinski definition) is 6. The molecule has 124 valence electrons. The van der Waals surface area contributed by atoms with Crippen LogP contribution in [0.3, 0.4) is 0 Å². The van der Waals surface area contributed by atoms with Gasteiger partial charge >= 0.3 is 0 Å². The maximum atomic E-state index is 12.0. The maximum absolute atomic E-state index is 12.0. The van der Waals surface area contributed by atoms with E-state index in [1.54, 1.807) is 6.08 Å².